The Labute approximate surface area is 117 Å². The van der Waals surface area contributed by atoms with E-state index in [1.165, 1.54) is 6.07 Å². The molecule has 0 aliphatic carbocycles. The summed E-state index contributed by atoms with van der Waals surface area (Å²) in [4.78, 5) is 0. The maximum atomic E-state index is 13.6. The summed E-state index contributed by atoms with van der Waals surface area (Å²) in [5.74, 6) is 0.362. The Morgan fingerprint density at radius 3 is 2.63 bits per heavy atom. The third-order valence-corrected chi connectivity index (χ3v) is 3.30. The number of methoxy groups -OCH3 is 1. The van der Waals surface area contributed by atoms with E-state index in [-0.39, 0.29) is 11.9 Å². The molecule has 0 fully saturated rings. The summed E-state index contributed by atoms with van der Waals surface area (Å²) in [6.07, 6.45) is 0.426. The van der Waals surface area contributed by atoms with Crippen LogP contribution in [0.1, 0.15) is 17.2 Å². The lowest BCUT2D eigenvalue weighted by atomic mass is 9.99. The van der Waals surface area contributed by atoms with E-state index in [1.54, 1.807) is 37.4 Å². The summed E-state index contributed by atoms with van der Waals surface area (Å²) in [6.45, 7) is 0. The molecule has 0 heterocycles. The van der Waals surface area contributed by atoms with Gasteiger partial charge in [0.1, 0.15) is 11.6 Å². The van der Waals surface area contributed by atoms with Crippen LogP contribution in [0, 0.1) is 5.82 Å². The minimum absolute atomic E-state index is 0.238. The first-order chi connectivity index (χ1) is 9.11. The van der Waals surface area contributed by atoms with Crippen molar-refractivity contribution in [3.63, 3.8) is 0 Å². The molecule has 0 saturated heterocycles. The predicted octanol–water partition coefficient (Wildman–Crippen LogP) is 3.73. The second-order valence-electron chi connectivity index (χ2n) is 4.30. The fourth-order valence-electron chi connectivity index (χ4n) is 1.93. The average molecular weight is 280 g/mol. The molecule has 1 unspecified atom stereocenters. The van der Waals surface area contributed by atoms with Crippen molar-refractivity contribution in [2.24, 2.45) is 5.73 Å². The van der Waals surface area contributed by atoms with E-state index >= 15 is 0 Å². The van der Waals surface area contributed by atoms with Crippen LogP contribution in [0.5, 0.6) is 5.75 Å². The molecule has 2 rings (SSSR count). The first-order valence-electron chi connectivity index (χ1n) is 5.94. The quantitative estimate of drug-likeness (QED) is 0.925. The highest BCUT2D eigenvalue weighted by Crippen LogP contribution is 2.28. The molecule has 2 N–H and O–H groups in total. The monoisotopic (exact) mass is 279 g/mol. The molecular formula is C15H15ClFNO. The summed E-state index contributed by atoms with van der Waals surface area (Å²) < 4.78 is 18.6. The van der Waals surface area contributed by atoms with Crippen LogP contribution in [-0.2, 0) is 6.42 Å². The van der Waals surface area contributed by atoms with Crippen LogP contribution >= 0.6 is 11.6 Å². The van der Waals surface area contributed by atoms with Crippen molar-refractivity contribution in [1.29, 1.82) is 0 Å². The molecule has 2 aromatic carbocycles. The van der Waals surface area contributed by atoms with Gasteiger partial charge in [-0.05, 0) is 35.7 Å². The van der Waals surface area contributed by atoms with E-state index in [2.05, 4.69) is 0 Å². The van der Waals surface area contributed by atoms with Crippen LogP contribution in [0.4, 0.5) is 4.39 Å². The number of halogens is 2. The van der Waals surface area contributed by atoms with Gasteiger partial charge in [0.25, 0.3) is 0 Å². The summed E-state index contributed by atoms with van der Waals surface area (Å²) in [5.41, 5.74) is 7.54. The van der Waals surface area contributed by atoms with E-state index in [0.717, 1.165) is 5.56 Å². The van der Waals surface area contributed by atoms with Crippen molar-refractivity contribution in [1.82, 2.24) is 0 Å². The van der Waals surface area contributed by atoms with Gasteiger partial charge in [0.15, 0.2) is 0 Å². The fraction of sp³-hybridized carbons (Fsp3) is 0.200. The van der Waals surface area contributed by atoms with Gasteiger partial charge in [-0.15, -0.1) is 0 Å². The Hall–Kier alpha value is -1.58. The van der Waals surface area contributed by atoms with Crippen LogP contribution in [0.25, 0.3) is 0 Å². The van der Waals surface area contributed by atoms with E-state index in [0.29, 0.717) is 22.8 Å². The first kappa shape index (κ1) is 13.8. The van der Waals surface area contributed by atoms with E-state index in [4.69, 9.17) is 22.1 Å². The lowest BCUT2D eigenvalue weighted by molar-refractivity contribution is 0.414. The second-order valence-corrected chi connectivity index (χ2v) is 4.70. The van der Waals surface area contributed by atoms with Gasteiger partial charge in [0, 0.05) is 6.04 Å². The van der Waals surface area contributed by atoms with Crippen LogP contribution in [-0.4, -0.2) is 7.11 Å². The molecule has 2 nitrogen and oxygen atoms in total. The van der Waals surface area contributed by atoms with Crippen molar-refractivity contribution < 1.29 is 9.13 Å². The zero-order chi connectivity index (χ0) is 13.8. The molecule has 19 heavy (non-hydrogen) atoms. The highest BCUT2D eigenvalue weighted by molar-refractivity contribution is 6.32. The topological polar surface area (TPSA) is 35.2 Å². The third-order valence-electron chi connectivity index (χ3n) is 3.00. The van der Waals surface area contributed by atoms with E-state index < -0.39 is 0 Å². The van der Waals surface area contributed by atoms with Gasteiger partial charge in [-0.3, -0.25) is 0 Å². The predicted molar refractivity (Wildman–Crippen MR) is 75.0 cm³/mol. The molecule has 0 amide bonds. The molecule has 0 bridgehead atoms. The van der Waals surface area contributed by atoms with Gasteiger partial charge in [-0.1, -0.05) is 35.9 Å². The Balaban J connectivity index is 2.18. The molecule has 100 valence electrons. The molecule has 0 aromatic heterocycles. The van der Waals surface area contributed by atoms with Crippen LogP contribution < -0.4 is 10.5 Å². The number of hydrogen-bond donors (Lipinski definition) is 1. The lowest BCUT2D eigenvalue weighted by Crippen LogP contribution is -2.14. The van der Waals surface area contributed by atoms with Crippen molar-refractivity contribution in [2.75, 3.05) is 7.11 Å². The van der Waals surface area contributed by atoms with Crippen LogP contribution in [0.15, 0.2) is 42.5 Å². The smallest absolute Gasteiger partial charge is 0.137 e. The summed E-state index contributed by atoms with van der Waals surface area (Å²) in [6, 6.07) is 11.7. The largest absolute Gasteiger partial charge is 0.495 e. The molecule has 4 heteroatoms. The molecule has 0 saturated carbocycles. The molecule has 0 spiro atoms. The second kappa shape index (κ2) is 6.04. The molecular weight excluding hydrogens is 265 g/mol. The minimum Gasteiger partial charge on any atom is -0.495 e. The lowest BCUT2D eigenvalue weighted by Gasteiger charge is -2.14. The van der Waals surface area contributed by atoms with Crippen molar-refractivity contribution in [2.45, 2.75) is 12.5 Å². The standard InChI is InChI=1S/C15H15ClFNO/c1-19-15-7-6-11(8-12(15)16)14(18)9-10-4-2-3-5-13(10)17/h2-8,14H,9,18H2,1H3. The molecule has 1 atom stereocenters. The first-order valence-corrected chi connectivity index (χ1v) is 6.32. The Bertz CT molecular complexity index is 574. The van der Waals surface area contributed by atoms with Crippen molar-refractivity contribution >= 4 is 11.6 Å². The summed E-state index contributed by atoms with van der Waals surface area (Å²) >= 11 is 6.05. The zero-order valence-corrected chi connectivity index (χ0v) is 11.3. The highest BCUT2D eigenvalue weighted by atomic mass is 35.5. The maximum Gasteiger partial charge on any atom is 0.137 e. The maximum absolute atomic E-state index is 13.6. The normalized spacial score (nSPS) is 12.2. The number of benzene rings is 2. The Kier molecular flexibility index (Phi) is 4.40. The van der Waals surface area contributed by atoms with Gasteiger partial charge < -0.3 is 10.5 Å². The van der Waals surface area contributed by atoms with Crippen molar-refractivity contribution in [3.05, 3.63) is 64.4 Å². The number of hydrogen-bond acceptors (Lipinski definition) is 2. The van der Waals surface area contributed by atoms with Crippen molar-refractivity contribution in [3.8, 4) is 5.75 Å². The summed E-state index contributed by atoms with van der Waals surface area (Å²) in [5, 5.41) is 0.504. The van der Waals surface area contributed by atoms with Gasteiger partial charge in [0.2, 0.25) is 0 Å². The van der Waals surface area contributed by atoms with Gasteiger partial charge >= 0.3 is 0 Å². The van der Waals surface area contributed by atoms with Gasteiger partial charge in [-0.2, -0.15) is 0 Å². The average Bonchev–Trinajstić information content (AvgIpc) is 2.41. The fourth-order valence-corrected chi connectivity index (χ4v) is 2.20. The number of ether oxygens (including phenoxy) is 1. The van der Waals surface area contributed by atoms with Crippen LogP contribution in [0.3, 0.4) is 0 Å². The van der Waals surface area contributed by atoms with E-state index in [1.807, 2.05) is 6.07 Å². The Morgan fingerprint density at radius 1 is 1.26 bits per heavy atom. The Morgan fingerprint density at radius 2 is 2.00 bits per heavy atom. The highest BCUT2D eigenvalue weighted by Gasteiger charge is 2.12. The molecule has 0 aliphatic rings. The number of nitrogens with two attached hydrogens (primary N) is 1. The minimum atomic E-state index is -0.305. The number of rotatable bonds is 4. The molecule has 2 aromatic rings. The van der Waals surface area contributed by atoms with Crippen LogP contribution in [0.2, 0.25) is 5.02 Å². The molecule has 0 aliphatic heterocycles. The SMILES string of the molecule is COc1ccc(C(N)Cc2ccccc2F)cc1Cl. The van der Waals surface area contributed by atoms with E-state index in [9.17, 15) is 4.39 Å². The third kappa shape index (κ3) is 3.25. The molecule has 0 radical (unpaired) electrons. The zero-order valence-electron chi connectivity index (χ0n) is 10.6. The van der Waals surface area contributed by atoms with Gasteiger partial charge in [-0.25, -0.2) is 4.39 Å². The summed E-state index contributed by atoms with van der Waals surface area (Å²) in [7, 11) is 1.56. The van der Waals surface area contributed by atoms with Gasteiger partial charge in [0.05, 0.1) is 12.1 Å².